The lowest BCUT2D eigenvalue weighted by Crippen LogP contribution is -2.50. The van der Waals surface area contributed by atoms with E-state index in [2.05, 4.69) is 24.4 Å². The van der Waals surface area contributed by atoms with E-state index in [9.17, 15) is 9.90 Å². The molecule has 27 heavy (non-hydrogen) atoms. The van der Waals surface area contributed by atoms with Gasteiger partial charge in [-0.25, -0.2) is 4.79 Å². The average molecular weight is 387 g/mol. The Hall–Kier alpha value is -2.04. The van der Waals surface area contributed by atoms with Crippen molar-refractivity contribution in [1.82, 2.24) is 4.90 Å². The van der Waals surface area contributed by atoms with Crippen molar-refractivity contribution >= 4 is 23.3 Å². The van der Waals surface area contributed by atoms with Gasteiger partial charge in [-0.05, 0) is 61.9 Å². The summed E-state index contributed by atoms with van der Waals surface area (Å²) in [6.45, 7) is 5.35. The topological polar surface area (TPSA) is 52.6 Å². The van der Waals surface area contributed by atoms with Crippen molar-refractivity contribution in [3.05, 3.63) is 64.2 Å². The van der Waals surface area contributed by atoms with Gasteiger partial charge in [0.05, 0.1) is 6.61 Å². The summed E-state index contributed by atoms with van der Waals surface area (Å²) in [5.74, 6) is 0. The van der Waals surface area contributed by atoms with Gasteiger partial charge in [0.2, 0.25) is 0 Å². The minimum Gasteiger partial charge on any atom is -0.396 e. The van der Waals surface area contributed by atoms with Crippen LogP contribution in [0.2, 0.25) is 5.02 Å². The first-order valence-electron chi connectivity index (χ1n) is 9.40. The predicted octanol–water partition coefficient (Wildman–Crippen LogP) is 4.81. The molecule has 1 saturated heterocycles. The summed E-state index contributed by atoms with van der Waals surface area (Å²) < 4.78 is 0. The smallest absolute Gasteiger partial charge is 0.321 e. The molecule has 3 rings (SSSR count). The van der Waals surface area contributed by atoms with Crippen LogP contribution in [0.1, 0.15) is 29.5 Å². The zero-order chi connectivity index (χ0) is 19.4. The van der Waals surface area contributed by atoms with E-state index in [0.717, 1.165) is 30.5 Å². The molecule has 1 unspecified atom stereocenters. The molecule has 0 aromatic heterocycles. The Kier molecular flexibility index (Phi) is 6.08. The van der Waals surface area contributed by atoms with Crippen molar-refractivity contribution in [2.75, 3.05) is 25.0 Å². The fourth-order valence-corrected chi connectivity index (χ4v) is 4.02. The van der Waals surface area contributed by atoms with Crippen molar-refractivity contribution in [3.63, 3.8) is 0 Å². The van der Waals surface area contributed by atoms with Gasteiger partial charge in [0, 0.05) is 29.2 Å². The average Bonchev–Trinajstić information content (AvgIpc) is 2.67. The van der Waals surface area contributed by atoms with Crippen LogP contribution in [0, 0.1) is 19.3 Å². The number of nitrogens with zero attached hydrogens (tertiary/aromatic N) is 1. The number of carbonyl (C=O) groups excluding carboxylic acids is 1. The number of aryl methyl sites for hydroxylation is 2. The van der Waals surface area contributed by atoms with Crippen molar-refractivity contribution in [3.8, 4) is 0 Å². The van der Waals surface area contributed by atoms with Gasteiger partial charge in [-0.15, -0.1) is 0 Å². The fourth-order valence-electron chi connectivity index (χ4n) is 3.85. The highest BCUT2D eigenvalue weighted by molar-refractivity contribution is 6.31. The Morgan fingerprint density at radius 1 is 1.22 bits per heavy atom. The van der Waals surface area contributed by atoms with Gasteiger partial charge in [0.25, 0.3) is 0 Å². The first-order chi connectivity index (χ1) is 12.9. The Balaban J connectivity index is 1.74. The number of hydrogen-bond acceptors (Lipinski definition) is 2. The number of urea groups is 1. The highest BCUT2D eigenvalue weighted by Gasteiger charge is 2.37. The first-order valence-corrected chi connectivity index (χ1v) is 9.78. The normalized spacial score (nSPS) is 19.8. The van der Waals surface area contributed by atoms with E-state index in [4.69, 9.17) is 11.6 Å². The van der Waals surface area contributed by atoms with Crippen LogP contribution in [0.5, 0.6) is 0 Å². The molecule has 2 amide bonds. The maximum Gasteiger partial charge on any atom is 0.321 e. The van der Waals surface area contributed by atoms with E-state index >= 15 is 0 Å². The summed E-state index contributed by atoms with van der Waals surface area (Å²) >= 11 is 6.06. The number of amides is 2. The molecule has 144 valence electrons. The van der Waals surface area contributed by atoms with Gasteiger partial charge in [-0.1, -0.05) is 41.9 Å². The van der Waals surface area contributed by atoms with E-state index in [-0.39, 0.29) is 18.1 Å². The molecule has 1 aliphatic heterocycles. The number of likely N-dealkylation sites (tertiary alicyclic amines) is 1. The Morgan fingerprint density at radius 3 is 2.74 bits per heavy atom. The van der Waals surface area contributed by atoms with Crippen molar-refractivity contribution < 1.29 is 9.90 Å². The van der Waals surface area contributed by atoms with Crippen LogP contribution in [0.25, 0.3) is 0 Å². The molecule has 0 bridgehead atoms. The lowest BCUT2D eigenvalue weighted by molar-refractivity contribution is 0.0499. The number of rotatable bonds is 4. The van der Waals surface area contributed by atoms with Crippen LogP contribution in [0.15, 0.2) is 42.5 Å². The van der Waals surface area contributed by atoms with Crippen LogP contribution in [0.4, 0.5) is 10.5 Å². The maximum atomic E-state index is 12.8. The van der Waals surface area contributed by atoms with Crippen molar-refractivity contribution in [2.45, 2.75) is 33.1 Å². The van der Waals surface area contributed by atoms with Gasteiger partial charge >= 0.3 is 6.03 Å². The third kappa shape index (κ3) is 4.63. The lowest BCUT2D eigenvalue weighted by atomic mass is 9.75. The number of carbonyl (C=O) groups is 1. The second kappa shape index (κ2) is 8.32. The number of halogens is 1. The molecule has 2 N–H and O–H groups in total. The monoisotopic (exact) mass is 386 g/mol. The van der Waals surface area contributed by atoms with Crippen molar-refractivity contribution in [1.29, 1.82) is 0 Å². The quantitative estimate of drug-likeness (QED) is 0.792. The zero-order valence-corrected chi connectivity index (χ0v) is 16.7. The summed E-state index contributed by atoms with van der Waals surface area (Å²) in [4.78, 5) is 14.7. The Bertz CT molecular complexity index is 824. The number of hydrogen-bond donors (Lipinski definition) is 2. The van der Waals surface area contributed by atoms with Crippen LogP contribution in [-0.2, 0) is 6.42 Å². The largest absolute Gasteiger partial charge is 0.396 e. The first kappa shape index (κ1) is 19.7. The number of nitrogens with one attached hydrogen (secondary N) is 1. The summed E-state index contributed by atoms with van der Waals surface area (Å²) in [6, 6.07) is 13.6. The second-order valence-corrected chi connectivity index (χ2v) is 8.11. The molecular weight excluding hydrogens is 360 g/mol. The van der Waals surface area contributed by atoms with Crippen LogP contribution in [0.3, 0.4) is 0 Å². The van der Waals surface area contributed by atoms with E-state index in [1.807, 2.05) is 36.1 Å². The number of benzene rings is 2. The van der Waals surface area contributed by atoms with Gasteiger partial charge < -0.3 is 15.3 Å². The van der Waals surface area contributed by atoms with Crippen LogP contribution in [-0.4, -0.2) is 35.7 Å². The Morgan fingerprint density at radius 2 is 2.00 bits per heavy atom. The molecule has 1 aliphatic rings. The van der Waals surface area contributed by atoms with E-state index < -0.39 is 0 Å². The van der Waals surface area contributed by atoms with E-state index in [1.54, 1.807) is 6.07 Å². The minimum atomic E-state index is -0.301. The van der Waals surface area contributed by atoms with Gasteiger partial charge in [-0.2, -0.15) is 0 Å². The molecule has 0 spiro atoms. The third-order valence-corrected chi connectivity index (χ3v) is 5.79. The van der Waals surface area contributed by atoms with Crippen LogP contribution < -0.4 is 5.32 Å². The molecule has 1 heterocycles. The molecule has 0 saturated carbocycles. The second-order valence-electron chi connectivity index (χ2n) is 7.68. The van der Waals surface area contributed by atoms with E-state index in [1.165, 1.54) is 11.1 Å². The fraction of sp³-hybridized carbons (Fsp3) is 0.409. The highest BCUT2D eigenvalue weighted by atomic mass is 35.5. The molecule has 5 heteroatoms. The number of aliphatic hydroxyl groups is 1. The zero-order valence-electron chi connectivity index (χ0n) is 16.0. The molecule has 1 atom stereocenters. The Labute approximate surface area is 166 Å². The van der Waals surface area contributed by atoms with E-state index in [0.29, 0.717) is 18.1 Å². The summed E-state index contributed by atoms with van der Waals surface area (Å²) in [7, 11) is 0. The molecule has 4 nitrogen and oxygen atoms in total. The highest BCUT2D eigenvalue weighted by Crippen LogP contribution is 2.34. The number of piperidine rings is 1. The number of aliphatic hydroxyl groups excluding tert-OH is 1. The molecule has 0 aliphatic carbocycles. The van der Waals surface area contributed by atoms with Gasteiger partial charge in [0.15, 0.2) is 0 Å². The van der Waals surface area contributed by atoms with Gasteiger partial charge in [-0.3, -0.25) is 0 Å². The molecule has 0 radical (unpaired) electrons. The SMILES string of the molecule is Cc1ccccc1CC1(CO)CCCN(C(=O)Nc2cc(Cl)ccc2C)C1. The van der Waals surface area contributed by atoms with Crippen LogP contribution >= 0.6 is 11.6 Å². The van der Waals surface area contributed by atoms with Crippen molar-refractivity contribution in [2.24, 2.45) is 5.41 Å². The summed E-state index contributed by atoms with van der Waals surface area (Å²) in [5, 5.41) is 13.8. The summed E-state index contributed by atoms with van der Waals surface area (Å²) in [6.07, 6.45) is 2.57. The standard InChI is InChI=1S/C22H27ClN2O2/c1-16-6-3-4-7-18(16)13-22(15-26)10-5-11-25(14-22)21(27)24-20-12-19(23)9-8-17(20)2/h3-4,6-9,12,26H,5,10-11,13-15H2,1-2H3,(H,24,27). The summed E-state index contributed by atoms with van der Waals surface area (Å²) in [5.41, 5.74) is 3.86. The molecular formula is C22H27ClN2O2. The molecule has 2 aromatic rings. The number of anilines is 1. The maximum absolute atomic E-state index is 12.8. The minimum absolute atomic E-state index is 0.0707. The lowest BCUT2D eigenvalue weighted by Gasteiger charge is -2.42. The van der Waals surface area contributed by atoms with Gasteiger partial charge in [0.1, 0.15) is 0 Å². The predicted molar refractivity (Wildman–Crippen MR) is 110 cm³/mol. The molecule has 1 fully saturated rings. The molecule has 2 aromatic carbocycles. The third-order valence-electron chi connectivity index (χ3n) is 5.55.